The Hall–Kier alpha value is -2.74. The number of nitrogens with zero attached hydrogens (tertiary/aromatic N) is 2. The van der Waals surface area contributed by atoms with Gasteiger partial charge in [0.2, 0.25) is 0 Å². The molecule has 1 aliphatic rings. The van der Waals surface area contributed by atoms with E-state index in [0.29, 0.717) is 0 Å². The Bertz CT molecular complexity index is 768. The molecule has 4 rings (SSSR count). The van der Waals surface area contributed by atoms with Crippen molar-refractivity contribution in [2.75, 3.05) is 16.8 Å². The molecule has 0 bridgehead atoms. The molecule has 0 aliphatic carbocycles. The fraction of sp³-hybridized carbons (Fsp3) is 0.100. The van der Waals surface area contributed by atoms with Crippen LogP contribution in [0.1, 0.15) is 11.7 Å². The van der Waals surface area contributed by atoms with Crippen LogP contribution in [0.3, 0.4) is 0 Å². The molecular formula is C20H18N2. The van der Waals surface area contributed by atoms with Gasteiger partial charge in [0.25, 0.3) is 0 Å². The summed E-state index contributed by atoms with van der Waals surface area (Å²) in [6, 6.07) is 29.9. The van der Waals surface area contributed by atoms with E-state index in [-0.39, 0.29) is 6.17 Å². The minimum absolute atomic E-state index is 0.181. The number of hydrogen-bond donors (Lipinski definition) is 0. The van der Waals surface area contributed by atoms with E-state index in [9.17, 15) is 0 Å². The van der Waals surface area contributed by atoms with Crippen LogP contribution in [0.5, 0.6) is 0 Å². The zero-order chi connectivity index (χ0) is 14.9. The van der Waals surface area contributed by atoms with Crippen molar-refractivity contribution >= 4 is 17.1 Å². The molecule has 0 radical (unpaired) electrons. The second kappa shape index (κ2) is 5.23. The topological polar surface area (TPSA) is 6.48 Å². The van der Waals surface area contributed by atoms with Crippen molar-refractivity contribution in [2.24, 2.45) is 0 Å². The van der Waals surface area contributed by atoms with Gasteiger partial charge in [-0.3, -0.25) is 0 Å². The van der Waals surface area contributed by atoms with E-state index in [2.05, 4.69) is 102 Å². The predicted molar refractivity (Wildman–Crippen MR) is 92.6 cm³/mol. The molecule has 1 heterocycles. The Morgan fingerprint density at radius 2 is 1.18 bits per heavy atom. The number of rotatable bonds is 2. The van der Waals surface area contributed by atoms with Crippen LogP contribution in [0.15, 0.2) is 84.9 Å². The predicted octanol–water partition coefficient (Wildman–Crippen LogP) is 4.97. The van der Waals surface area contributed by atoms with Gasteiger partial charge < -0.3 is 9.80 Å². The number of benzene rings is 3. The van der Waals surface area contributed by atoms with Gasteiger partial charge in [0.15, 0.2) is 0 Å². The molecule has 0 aromatic heterocycles. The van der Waals surface area contributed by atoms with E-state index in [0.717, 1.165) is 0 Å². The Kier molecular flexibility index (Phi) is 3.08. The van der Waals surface area contributed by atoms with Crippen molar-refractivity contribution in [1.29, 1.82) is 0 Å². The van der Waals surface area contributed by atoms with Crippen LogP contribution in [0.2, 0.25) is 0 Å². The lowest BCUT2D eigenvalue weighted by molar-refractivity contribution is 0.719. The molecule has 1 atom stereocenters. The zero-order valence-corrected chi connectivity index (χ0v) is 12.6. The van der Waals surface area contributed by atoms with E-state index in [4.69, 9.17) is 0 Å². The summed E-state index contributed by atoms with van der Waals surface area (Å²) >= 11 is 0. The molecular weight excluding hydrogens is 268 g/mol. The molecule has 2 nitrogen and oxygen atoms in total. The van der Waals surface area contributed by atoms with Crippen molar-refractivity contribution in [1.82, 2.24) is 0 Å². The molecule has 0 amide bonds. The van der Waals surface area contributed by atoms with E-state index in [1.54, 1.807) is 0 Å². The summed E-state index contributed by atoms with van der Waals surface area (Å²) in [4.78, 5) is 4.75. The highest BCUT2D eigenvalue weighted by Crippen LogP contribution is 2.48. The van der Waals surface area contributed by atoms with Crippen LogP contribution in [-0.2, 0) is 0 Å². The lowest BCUT2D eigenvalue weighted by atomic mass is 10.1. The van der Waals surface area contributed by atoms with Gasteiger partial charge in [0.1, 0.15) is 6.17 Å². The van der Waals surface area contributed by atoms with Gasteiger partial charge in [0, 0.05) is 12.7 Å². The highest BCUT2D eigenvalue weighted by molar-refractivity contribution is 5.83. The molecule has 0 saturated heterocycles. The van der Waals surface area contributed by atoms with E-state index < -0.39 is 0 Å². The molecule has 3 aromatic rings. The van der Waals surface area contributed by atoms with Crippen molar-refractivity contribution in [3.8, 4) is 0 Å². The fourth-order valence-electron chi connectivity index (χ4n) is 3.27. The molecule has 0 saturated carbocycles. The van der Waals surface area contributed by atoms with E-state index >= 15 is 0 Å². The maximum Gasteiger partial charge on any atom is 0.132 e. The van der Waals surface area contributed by atoms with Crippen molar-refractivity contribution < 1.29 is 0 Å². The third kappa shape index (κ3) is 1.96. The number of para-hydroxylation sites is 3. The summed E-state index contributed by atoms with van der Waals surface area (Å²) in [7, 11) is 2.17. The summed E-state index contributed by atoms with van der Waals surface area (Å²) < 4.78 is 0. The Balaban J connectivity index is 1.90. The first kappa shape index (κ1) is 13.0. The molecule has 3 aromatic carbocycles. The number of anilines is 3. The van der Waals surface area contributed by atoms with Crippen molar-refractivity contribution in [2.45, 2.75) is 6.17 Å². The average molecular weight is 286 g/mol. The first-order valence-electron chi connectivity index (χ1n) is 7.57. The fourth-order valence-corrected chi connectivity index (χ4v) is 3.27. The normalized spacial score (nSPS) is 16.7. The quantitative estimate of drug-likeness (QED) is 0.656. The van der Waals surface area contributed by atoms with Crippen LogP contribution in [0, 0.1) is 0 Å². The number of fused-ring (bicyclic) bond motifs is 1. The van der Waals surface area contributed by atoms with Crippen molar-refractivity contribution in [3.05, 3.63) is 90.5 Å². The first-order valence-corrected chi connectivity index (χ1v) is 7.57. The van der Waals surface area contributed by atoms with Crippen LogP contribution in [-0.4, -0.2) is 7.05 Å². The molecule has 22 heavy (non-hydrogen) atoms. The standard InChI is InChI=1S/C20H18N2/c1-21-18-14-8-9-15-19(18)22(17-12-6-3-7-13-17)20(21)16-10-4-2-5-11-16/h2-15,20H,1H3. The summed E-state index contributed by atoms with van der Waals surface area (Å²) in [5, 5.41) is 0. The van der Waals surface area contributed by atoms with Gasteiger partial charge in [-0.1, -0.05) is 60.7 Å². The summed E-state index contributed by atoms with van der Waals surface area (Å²) in [5.74, 6) is 0. The molecule has 0 fully saturated rings. The van der Waals surface area contributed by atoms with Gasteiger partial charge in [-0.2, -0.15) is 0 Å². The second-order valence-corrected chi connectivity index (χ2v) is 5.59. The Labute approximate surface area is 131 Å². The van der Waals surface area contributed by atoms with Gasteiger partial charge >= 0.3 is 0 Å². The summed E-state index contributed by atoms with van der Waals surface area (Å²) in [6.07, 6.45) is 0.181. The summed E-state index contributed by atoms with van der Waals surface area (Å²) in [6.45, 7) is 0. The lowest BCUT2D eigenvalue weighted by Gasteiger charge is -2.31. The minimum atomic E-state index is 0.181. The molecule has 1 aliphatic heterocycles. The van der Waals surface area contributed by atoms with Crippen LogP contribution < -0.4 is 9.80 Å². The largest absolute Gasteiger partial charge is 0.349 e. The Morgan fingerprint density at radius 3 is 1.86 bits per heavy atom. The average Bonchev–Trinajstić information content (AvgIpc) is 2.90. The molecule has 108 valence electrons. The highest BCUT2D eigenvalue weighted by atomic mass is 15.4. The van der Waals surface area contributed by atoms with Crippen LogP contribution in [0.4, 0.5) is 17.1 Å². The van der Waals surface area contributed by atoms with Gasteiger partial charge in [0.05, 0.1) is 11.4 Å². The molecule has 1 unspecified atom stereocenters. The van der Waals surface area contributed by atoms with Gasteiger partial charge in [-0.25, -0.2) is 0 Å². The molecule has 0 N–H and O–H groups in total. The number of hydrogen-bond acceptors (Lipinski definition) is 2. The van der Waals surface area contributed by atoms with Gasteiger partial charge in [-0.05, 0) is 29.8 Å². The van der Waals surface area contributed by atoms with E-state index in [1.807, 2.05) is 0 Å². The van der Waals surface area contributed by atoms with Gasteiger partial charge in [-0.15, -0.1) is 0 Å². The second-order valence-electron chi connectivity index (χ2n) is 5.59. The third-order valence-corrected chi connectivity index (χ3v) is 4.26. The van der Waals surface area contributed by atoms with E-state index in [1.165, 1.54) is 22.6 Å². The smallest absolute Gasteiger partial charge is 0.132 e. The minimum Gasteiger partial charge on any atom is -0.349 e. The van der Waals surface area contributed by atoms with Crippen molar-refractivity contribution in [3.63, 3.8) is 0 Å². The molecule has 0 spiro atoms. The maximum atomic E-state index is 2.41. The van der Waals surface area contributed by atoms with Crippen LogP contribution >= 0.6 is 0 Å². The lowest BCUT2D eigenvalue weighted by Crippen LogP contribution is -2.30. The monoisotopic (exact) mass is 286 g/mol. The Morgan fingerprint density at radius 1 is 0.636 bits per heavy atom. The zero-order valence-electron chi connectivity index (χ0n) is 12.6. The maximum absolute atomic E-state index is 2.41. The summed E-state index contributed by atoms with van der Waals surface area (Å²) in [5.41, 5.74) is 5.03. The highest BCUT2D eigenvalue weighted by Gasteiger charge is 2.35. The SMILES string of the molecule is CN1c2ccccc2N(c2ccccc2)C1c1ccccc1. The van der Waals surface area contributed by atoms with Crippen LogP contribution in [0.25, 0.3) is 0 Å². The molecule has 2 heteroatoms. The first-order chi connectivity index (χ1) is 10.9. The third-order valence-electron chi connectivity index (χ3n) is 4.26.